The van der Waals surface area contributed by atoms with Crippen molar-refractivity contribution in [2.24, 2.45) is 0 Å². The molecule has 1 unspecified atom stereocenters. The highest BCUT2D eigenvalue weighted by molar-refractivity contribution is 5.87. The van der Waals surface area contributed by atoms with E-state index in [0.717, 1.165) is 13.0 Å². The topological polar surface area (TPSA) is 47.6 Å². The molecule has 0 aromatic carbocycles. The highest BCUT2D eigenvalue weighted by Crippen LogP contribution is 2.07. The van der Waals surface area contributed by atoms with E-state index in [4.69, 9.17) is 9.47 Å². The number of esters is 1. The lowest BCUT2D eigenvalue weighted by molar-refractivity contribution is -0.139. The molecule has 1 N–H and O–H groups in total. The summed E-state index contributed by atoms with van der Waals surface area (Å²) in [7, 11) is 0. The van der Waals surface area contributed by atoms with E-state index >= 15 is 0 Å². The SMILES string of the molecule is C=C(COCC1CCCCN1)C(=O)OCC. The summed E-state index contributed by atoms with van der Waals surface area (Å²) in [6, 6.07) is 0.420. The first-order valence-electron chi connectivity index (χ1n) is 5.90. The van der Waals surface area contributed by atoms with Gasteiger partial charge in [-0.1, -0.05) is 13.0 Å². The van der Waals surface area contributed by atoms with E-state index in [1.54, 1.807) is 6.92 Å². The number of hydrogen-bond donors (Lipinski definition) is 1. The van der Waals surface area contributed by atoms with Gasteiger partial charge in [0.05, 0.1) is 25.4 Å². The van der Waals surface area contributed by atoms with Gasteiger partial charge >= 0.3 is 5.97 Å². The second kappa shape index (κ2) is 7.41. The van der Waals surface area contributed by atoms with Crippen molar-refractivity contribution in [2.75, 3.05) is 26.4 Å². The molecule has 0 spiro atoms. The summed E-state index contributed by atoms with van der Waals surface area (Å²) in [6.07, 6.45) is 3.64. The van der Waals surface area contributed by atoms with E-state index in [9.17, 15) is 4.79 Å². The first-order chi connectivity index (χ1) is 7.74. The number of carbonyl (C=O) groups excluding carboxylic acids is 1. The van der Waals surface area contributed by atoms with Crippen LogP contribution in [0.2, 0.25) is 0 Å². The zero-order chi connectivity index (χ0) is 11.8. The molecule has 92 valence electrons. The van der Waals surface area contributed by atoms with Gasteiger partial charge in [0.2, 0.25) is 0 Å². The molecule has 4 nitrogen and oxygen atoms in total. The third kappa shape index (κ3) is 4.77. The minimum atomic E-state index is -0.362. The lowest BCUT2D eigenvalue weighted by Crippen LogP contribution is -2.37. The highest BCUT2D eigenvalue weighted by Gasteiger charge is 2.13. The molecule has 0 radical (unpaired) electrons. The van der Waals surface area contributed by atoms with Crippen LogP contribution in [-0.4, -0.2) is 38.4 Å². The average Bonchev–Trinajstić information content (AvgIpc) is 2.30. The molecule has 1 rings (SSSR count). The van der Waals surface area contributed by atoms with Gasteiger partial charge in [0.15, 0.2) is 0 Å². The number of piperidine rings is 1. The molecule has 1 heterocycles. The van der Waals surface area contributed by atoms with E-state index in [1.165, 1.54) is 12.8 Å². The summed E-state index contributed by atoms with van der Waals surface area (Å²) in [5.41, 5.74) is 0.387. The van der Waals surface area contributed by atoms with Crippen molar-refractivity contribution in [1.82, 2.24) is 5.32 Å². The van der Waals surface area contributed by atoms with Crippen LogP contribution in [0, 0.1) is 0 Å². The van der Waals surface area contributed by atoms with Gasteiger partial charge < -0.3 is 14.8 Å². The van der Waals surface area contributed by atoms with E-state index in [-0.39, 0.29) is 12.6 Å². The van der Waals surface area contributed by atoms with E-state index < -0.39 is 0 Å². The van der Waals surface area contributed by atoms with Crippen molar-refractivity contribution < 1.29 is 14.3 Å². The number of nitrogens with one attached hydrogen (secondary N) is 1. The third-order valence-corrected chi connectivity index (χ3v) is 2.57. The summed E-state index contributed by atoms with van der Waals surface area (Å²) in [5.74, 6) is -0.362. The van der Waals surface area contributed by atoms with Crippen LogP contribution in [0.25, 0.3) is 0 Å². The van der Waals surface area contributed by atoms with Crippen LogP contribution in [0.3, 0.4) is 0 Å². The molecule has 0 amide bonds. The molecule has 1 aliphatic heterocycles. The molecule has 1 atom stereocenters. The van der Waals surface area contributed by atoms with Gasteiger partial charge in [0, 0.05) is 6.04 Å². The van der Waals surface area contributed by atoms with Crippen molar-refractivity contribution >= 4 is 5.97 Å². The Kier molecular flexibility index (Phi) is 6.11. The average molecular weight is 227 g/mol. The fourth-order valence-electron chi connectivity index (χ4n) is 1.68. The van der Waals surface area contributed by atoms with Crippen LogP contribution in [0.4, 0.5) is 0 Å². The summed E-state index contributed by atoms with van der Waals surface area (Å²) in [6.45, 7) is 7.75. The predicted octanol–water partition coefficient (Wildman–Crippen LogP) is 1.26. The van der Waals surface area contributed by atoms with Crippen molar-refractivity contribution in [3.05, 3.63) is 12.2 Å². The zero-order valence-electron chi connectivity index (χ0n) is 9.96. The second-order valence-electron chi connectivity index (χ2n) is 3.99. The number of rotatable bonds is 6. The summed E-state index contributed by atoms with van der Waals surface area (Å²) in [4.78, 5) is 11.2. The summed E-state index contributed by atoms with van der Waals surface area (Å²) >= 11 is 0. The molecular formula is C12H21NO3. The molecular weight excluding hydrogens is 206 g/mol. The van der Waals surface area contributed by atoms with Crippen LogP contribution in [-0.2, 0) is 14.3 Å². The minimum absolute atomic E-state index is 0.261. The van der Waals surface area contributed by atoms with Gasteiger partial charge in [0.25, 0.3) is 0 Å². The standard InChI is InChI=1S/C12H21NO3/c1-3-16-12(14)10(2)8-15-9-11-6-4-5-7-13-11/h11,13H,2-9H2,1H3. The Hall–Kier alpha value is -0.870. The Balaban J connectivity index is 2.09. The largest absolute Gasteiger partial charge is 0.463 e. The quantitative estimate of drug-likeness (QED) is 0.548. The fourth-order valence-corrected chi connectivity index (χ4v) is 1.68. The van der Waals surface area contributed by atoms with Gasteiger partial charge in [-0.25, -0.2) is 4.79 Å². The maximum atomic E-state index is 11.2. The first kappa shape index (κ1) is 13.2. The van der Waals surface area contributed by atoms with Crippen molar-refractivity contribution in [3.63, 3.8) is 0 Å². The molecule has 16 heavy (non-hydrogen) atoms. The van der Waals surface area contributed by atoms with Gasteiger partial charge in [-0.05, 0) is 26.3 Å². The molecule has 0 saturated carbocycles. The molecule has 0 aliphatic carbocycles. The molecule has 4 heteroatoms. The smallest absolute Gasteiger partial charge is 0.335 e. The van der Waals surface area contributed by atoms with Crippen molar-refractivity contribution in [2.45, 2.75) is 32.2 Å². The van der Waals surface area contributed by atoms with Crippen LogP contribution >= 0.6 is 0 Å². The Morgan fingerprint density at radius 2 is 2.31 bits per heavy atom. The number of hydrogen-bond acceptors (Lipinski definition) is 4. The third-order valence-electron chi connectivity index (χ3n) is 2.57. The maximum Gasteiger partial charge on any atom is 0.335 e. The van der Waals surface area contributed by atoms with E-state index in [1.807, 2.05) is 0 Å². The van der Waals surface area contributed by atoms with Gasteiger partial charge in [0.1, 0.15) is 0 Å². The van der Waals surface area contributed by atoms with Crippen LogP contribution in [0.1, 0.15) is 26.2 Å². The Morgan fingerprint density at radius 1 is 1.50 bits per heavy atom. The van der Waals surface area contributed by atoms with Crippen molar-refractivity contribution in [1.29, 1.82) is 0 Å². The molecule has 1 fully saturated rings. The molecule has 0 aromatic heterocycles. The lowest BCUT2D eigenvalue weighted by atomic mass is 10.1. The van der Waals surface area contributed by atoms with Crippen LogP contribution in [0.5, 0.6) is 0 Å². The van der Waals surface area contributed by atoms with Gasteiger partial charge in [-0.2, -0.15) is 0 Å². The molecule has 0 aromatic rings. The highest BCUT2D eigenvalue weighted by atomic mass is 16.5. The summed E-state index contributed by atoms with van der Waals surface area (Å²) in [5, 5.41) is 3.38. The minimum Gasteiger partial charge on any atom is -0.463 e. The maximum absolute atomic E-state index is 11.2. The predicted molar refractivity (Wildman–Crippen MR) is 62.2 cm³/mol. The number of carbonyl (C=O) groups is 1. The van der Waals surface area contributed by atoms with Crippen LogP contribution in [0.15, 0.2) is 12.2 Å². The van der Waals surface area contributed by atoms with E-state index in [0.29, 0.717) is 24.8 Å². The molecule has 0 bridgehead atoms. The molecule has 1 aliphatic rings. The first-order valence-corrected chi connectivity index (χ1v) is 5.90. The molecule has 1 saturated heterocycles. The Labute approximate surface area is 97.0 Å². The van der Waals surface area contributed by atoms with Gasteiger partial charge in [-0.3, -0.25) is 0 Å². The fraction of sp³-hybridized carbons (Fsp3) is 0.750. The summed E-state index contributed by atoms with van der Waals surface area (Å²) < 4.78 is 10.3. The lowest BCUT2D eigenvalue weighted by Gasteiger charge is -2.23. The van der Waals surface area contributed by atoms with Gasteiger partial charge in [-0.15, -0.1) is 0 Å². The second-order valence-corrected chi connectivity index (χ2v) is 3.99. The monoisotopic (exact) mass is 227 g/mol. The Bertz CT molecular complexity index is 234. The number of ether oxygens (including phenoxy) is 2. The Morgan fingerprint density at radius 3 is 2.94 bits per heavy atom. The zero-order valence-corrected chi connectivity index (χ0v) is 9.96. The van der Waals surface area contributed by atoms with Crippen molar-refractivity contribution in [3.8, 4) is 0 Å². The van der Waals surface area contributed by atoms with E-state index in [2.05, 4.69) is 11.9 Å². The van der Waals surface area contributed by atoms with Crippen LogP contribution < -0.4 is 5.32 Å². The normalized spacial score (nSPS) is 20.4.